The second-order valence-corrected chi connectivity index (χ2v) is 12.6. The fourth-order valence-corrected chi connectivity index (χ4v) is 5.69. The van der Waals surface area contributed by atoms with Gasteiger partial charge in [0.15, 0.2) is 11.5 Å². The van der Waals surface area contributed by atoms with Crippen LogP contribution < -0.4 is 20.1 Å². The Balaban J connectivity index is 1.24. The second-order valence-electron chi connectivity index (χ2n) is 12.6. The van der Waals surface area contributed by atoms with Crippen LogP contribution in [0.15, 0.2) is 72.8 Å². The van der Waals surface area contributed by atoms with Gasteiger partial charge in [-0.3, -0.25) is 10.1 Å². The van der Waals surface area contributed by atoms with Crippen LogP contribution in [0.2, 0.25) is 0 Å². The molecule has 236 valence electrons. The Kier molecular flexibility index (Phi) is 9.46. The maximum absolute atomic E-state index is 13.4. The number of para-hydroxylation sites is 2. The Morgan fingerprint density at radius 3 is 2.29 bits per heavy atom. The molecule has 3 aromatic carbocycles. The third-order valence-electron chi connectivity index (χ3n) is 8.31. The summed E-state index contributed by atoms with van der Waals surface area (Å²) < 4.78 is 12.7. The van der Waals surface area contributed by atoms with Crippen LogP contribution in [0.25, 0.3) is 5.69 Å². The molecule has 0 atom stereocenters. The number of piperidine rings is 1. The van der Waals surface area contributed by atoms with Crippen molar-refractivity contribution in [3.63, 3.8) is 0 Å². The summed E-state index contributed by atoms with van der Waals surface area (Å²) in [4.78, 5) is 28.6. The van der Waals surface area contributed by atoms with Crippen LogP contribution in [0.3, 0.4) is 0 Å². The SMILES string of the molecule is COc1cccc(C(=O)N2CCC(Cc3ccccc3NC(=O)Nc3cc(C(C)(C)C)nn3-c3ccc(C)cc3)CC2)c1OC. The zero-order valence-corrected chi connectivity index (χ0v) is 27.0. The quantitative estimate of drug-likeness (QED) is 0.220. The summed E-state index contributed by atoms with van der Waals surface area (Å²) in [5.74, 6) is 1.93. The van der Waals surface area contributed by atoms with E-state index in [9.17, 15) is 9.59 Å². The third kappa shape index (κ3) is 7.30. The highest BCUT2D eigenvalue weighted by atomic mass is 16.5. The first-order chi connectivity index (χ1) is 21.6. The van der Waals surface area contributed by atoms with Crippen LogP contribution in [0.5, 0.6) is 11.5 Å². The molecular formula is C36H43N5O4. The lowest BCUT2D eigenvalue weighted by Gasteiger charge is -2.32. The van der Waals surface area contributed by atoms with Crippen molar-refractivity contribution in [2.45, 2.75) is 52.4 Å². The van der Waals surface area contributed by atoms with Crippen molar-refractivity contribution in [1.29, 1.82) is 0 Å². The number of aryl methyl sites for hydroxylation is 1. The lowest BCUT2D eigenvalue weighted by molar-refractivity contribution is 0.0686. The number of hydrogen-bond donors (Lipinski definition) is 2. The molecule has 45 heavy (non-hydrogen) atoms. The molecule has 9 nitrogen and oxygen atoms in total. The van der Waals surface area contributed by atoms with E-state index in [0.29, 0.717) is 41.9 Å². The number of carbonyl (C=O) groups excluding carboxylic acids is 2. The Morgan fingerprint density at radius 1 is 0.911 bits per heavy atom. The van der Waals surface area contributed by atoms with Crippen LogP contribution in [-0.4, -0.2) is 53.9 Å². The average molecular weight is 610 g/mol. The summed E-state index contributed by atoms with van der Waals surface area (Å²) in [6.45, 7) is 9.65. The largest absolute Gasteiger partial charge is 0.493 e. The van der Waals surface area contributed by atoms with Gasteiger partial charge in [0.1, 0.15) is 5.82 Å². The number of nitrogens with one attached hydrogen (secondary N) is 2. The number of hydrogen-bond acceptors (Lipinski definition) is 5. The molecule has 0 spiro atoms. The Bertz CT molecular complexity index is 1650. The number of rotatable bonds is 8. The first kappa shape index (κ1) is 31.6. The molecule has 1 saturated heterocycles. The number of amides is 3. The number of ether oxygens (including phenoxy) is 2. The predicted octanol–water partition coefficient (Wildman–Crippen LogP) is 7.23. The normalized spacial score (nSPS) is 13.8. The molecule has 1 aliphatic heterocycles. The number of methoxy groups -OCH3 is 2. The minimum atomic E-state index is -0.330. The van der Waals surface area contributed by atoms with E-state index in [1.165, 1.54) is 0 Å². The Hall–Kier alpha value is -4.79. The molecular weight excluding hydrogens is 566 g/mol. The molecule has 9 heteroatoms. The molecule has 2 heterocycles. The first-order valence-corrected chi connectivity index (χ1v) is 15.4. The summed E-state index contributed by atoms with van der Waals surface area (Å²) in [6.07, 6.45) is 2.53. The van der Waals surface area contributed by atoms with Gasteiger partial charge < -0.3 is 19.7 Å². The minimum absolute atomic E-state index is 0.0533. The molecule has 1 aliphatic rings. The monoisotopic (exact) mass is 609 g/mol. The van der Waals surface area contributed by atoms with Crippen molar-refractivity contribution in [2.75, 3.05) is 37.9 Å². The van der Waals surface area contributed by atoms with Crippen LogP contribution in [0.4, 0.5) is 16.3 Å². The summed E-state index contributed by atoms with van der Waals surface area (Å²) in [5, 5.41) is 10.9. The molecule has 0 saturated carbocycles. The lowest BCUT2D eigenvalue weighted by Crippen LogP contribution is -2.39. The molecule has 0 aliphatic carbocycles. The second kappa shape index (κ2) is 13.5. The van der Waals surface area contributed by atoms with Gasteiger partial charge in [0, 0.05) is 30.3 Å². The number of nitrogens with zero attached hydrogens (tertiary/aromatic N) is 3. The van der Waals surface area contributed by atoms with E-state index in [2.05, 4.69) is 37.5 Å². The summed E-state index contributed by atoms with van der Waals surface area (Å²) >= 11 is 0. The van der Waals surface area contributed by atoms with Crippen LogP contribution in [0.1, 0.15) is 60.8 Å². The van der Waals surface area contributed by atoms with Gasteiger partial charge in [-0.05, 0) is 68.0 Å². The van der Waals surface area contributed by atoms with Gasteiger partial charge in [-0.15, -0.1) is 0 Å². The zero-order chi connectivity index (χ0) is 32.1. The topological polar surface area (TPSA) is 97.7 Å². The van der Waals surface area contributed by atoms with Gasteiger partial charge in [-0.2, -0.15) is 5.10 Å². The molecule has 5 rings (SSSR count). The molecule has 0 unspecified atom stereocenters. The predicted molar refractivity (Wildman–Crippen MR) is 178 cm³/mol. The molecule has 2 N–H and O–H groups in total. The summed E-state index contributed by atoms with van der Waals surface area (Å²) in [6, 6.07) is 22.9. The molecule has 1 aromatic heterocycles. The highest BCUT2D eigenvalue weighted by Gasteiger charge is 2.27. The fourth-order valence-electron chi connectivity index (χ4n) is 5.69. The van der Waals surface area contributed by atoms with Crippen molar-refractivity contribution >= 4 is 23.4 Å². The van der Waals surface area contributed by atoms with Crippen LogP contribution in [-0.2, 0) is 11.8 Å². The van der Waals surface area contributed by atoms with E-state index in [4.69, 9.17) is 14.6 Å². The van der Waals surface area contributed by atoms with E-state index in [0.717, 1.165) is 47.5 Å². The van der Waals surface area contributed by atoms with Gasteiger partial charge in [0.25, 0.3) is 5.91 Å². The number of anilines is 2. The smallest absolute Gasteiger partial charge is 0.324 e. The minimum Gasteiger partial charge on any atom is -0.493 e. The van der Waals surface area contributed by atoms with Crippen molar-refractivity contribution in [2.24, 2.45) is 5.92 Å². The molecule has 1 fully saturated rings. The van der Waals surface area contributed by atoms with Gasteiger partial charge in [0.05, 0.1) is 31.2 Å². The number of aromatic nitrogens is 2. The van der Waals surface area contributed by atoms with E-state index in [1.807, 2.05) is 60.4 Å². The van der Waals surface area contributed by atoms with Gasteiger partial charge in [0.2, 0.25) is 0 Å². The standard InChI is InChI=1S/C36H43N5O4/c1-24-14-16-27(17-15-24)41-32(23-31(39-41)36(2,3)4)38-35(43)37-29-12-8-7-10-26(29)22-25-18-20-40(21-19-25)34(42)28-11-9-13-30(44-5)33(28)45-6/h7-17,23,25H,18-22H2,1-6H3,(H2,37,38,43). The lowest BCUT2D eigenvalue weighted by atomic mass is 9.89. The molecule has 0 bridgehead atoms. The number of likely N-dealkylation sites (tertiary alicyclic amines) is 1. The maximum atomic E-state index is 13.4. The van der Waals surface area contributed by atoms with E-state index >= 15 is 0 Å². The number of benzene rings is 3. The van der Waals surface area contributed by atoms with Crippen LogP contribution >= 0.6 is 0 Å². The fraction of sp³-hybridized carbons (Fsp3) is 0.361. The van der Waals surface area contributed by atoms with Crippen molar-refractivity contribution in [3.8, 4) is 17.2 Å². The van der Waals surface area contributed by atoms with E-state index < -0.39 is 0 Å². The number of urea groups is 1. The van der Waals surface area contributed by atoms with Gasteiger partial charge in [-0.25, -0.2) is 9.48 Å². The Morgan fingerprint density at radius 2 is 1.62 bits per heavy atom. The molecule has 0 radical (unpaired) electrons. The van der Waals surface area contributed by atoms with Crippen molar-refractivity contribution in [3.05, 3.63) is 95.2 Å². The molecule has 4 aromatic rings. The Labute approximate surface area is 265 Å². The average Bonchev–Trinajstić information content (AvgIpc) is 3.46. The zero-order valence-electron chi connectivity index (χ0n) is 27.0. The summed E-state index contributed by atoms with van der Waals surface area (Å²) in [7, 11) is 3.12. The van der Waals surface area contributed by atoms with E-state index in [-0.39, 0.29) is 17.4 Å². The number of carbonyl (C=O) groups is 2. The first-order valence-electron chi connectivity index (χ1n) is 15.4. The summed E-state index contributed by atoms with van der Waals surface area (Å²) in [5.41, 5.74) is 5.07. The van der Waals surface area contributed by atoms with E-state index in [1.54, 1.807) is 37.1 Å². The van der Waals surface area contributed by atoms with Gasteiger partial charge in [-0.1, -0.05) is 62.7 Å². The molecule has 3 amide bonds. The van der Waals surface area contributed by atoms with Crippen molar-refractivity contribution in [1.82, 2.24) is 14.7 Å². The van der Waals surface area contributed by atoms with Gasteiger partial charge >= 0.3 is 6.03 Å². The van der Waals surface area contributed by atoms with Crippen LogP contribution in [0, 0.1) is 12.8 Å². The highest BCUT2D eigenvalue weighted by molar-refractivity contribution is 6.00. The van der Waals surface area contributed by atoms with Crippen molar-refractivity contribution < 1.29 is 19.1 Å². The highest BCUT2D eigenvalue weighted by Crippen LogP contribution is 2.33. The third-order valence-corrected chi connectivity index (χ3v) is 8.31. The maximum Gasteiger partial charge on any atom is 0.324 e.